The van der Waals surface area contributed by atoms with Crippen LogP contribution in [0.2, 0.25) is 0 Å². The summed E-state index contributed by atoms with van der Waals surface area (Å²) in [5.41, 5.74) is 6.67. The van der Waals surface area contributed by atoms with Crippen LogP contribution in [0.25, 0.3) is 0 Å². The quantitative estimate of drug-likeness (QED) is 0.658. The minimum Gasteiger partial charge on any atom is -0.385 e. The summed E-state index contributed by atoms with van der Waals surface area (Å²) in [6, 6.07) is 9.09. The van der Waals surface area contributed by atoms with Crippen LogP contribution in [0.15, 0.2) is 47.1 Å². The fourth-order valence-corrected chi connectivity index (χ4v) is 7.57. The van der Waals surface area contributed by atoms with Crippen LogP contribution in [-0.4, -0.2) is 31.1 Å². The van der Waals surface area contributed by atoms with E-state index in [1.807, 2.05) is 6.92 Å². The Morgan fingerprint density at radius 1 is 1.09 bits per heavy atom. The molecule has 0 spiro atoms. The van der Waals surface area contributed by atoms with Gasteiger partial charge >= 0.3 is 0 Å². The van der Waals surface area contributed by atoms with Gasteiger partial charge in [0.2, 0.25) is 0 Å². The van der Waals surface area contributed by atoms with E-state index in [-0.39, 0.29) is 16.6 Å². The van der Waals surface area contributed by atoms with Crippen LogP contribution in [0.3, 0.4) is 0 Å². The van der Waals surface area contributed by atoms with Gasteiger partial charge in [0.05, 0.1) is 5.41 Å². The highest BCUT2D eigenvalue weighted by molar-refractivity contribution is 5.96. The second-order valence-electron chi connectivity index (χ2n) is 10.7. The normalized spacial score (nSPS) is 35.8. The number of ketones is 1. The summed E-state index contributed by atoms with van der Waals surface area (Å²) >= 11 is 0. The SMILES string of the molecule is CC#C[C@@]1(c2ccc(N(C)C)cc2)CC[C@H]2[C@@H]3CCC4=CC(=O)C(O)CC4=C3CC[C@@]21C. The molecule has 1 aromatic rings. The third kappa shape index (κ3) is 2.96. The van der Waals surface area contributed by atoms with Gasteiger partial charge in [-0.2, -0.15) is 0 Å². The summed E-state index contributed by atoms with van der Waals surface area (Å²) < 4.78 is 0. The minimum absolute atomic E-state index is 0.106. The van der Waals surface area contributed by atoms with E-state index in [4.69, 9.17) is 0 Å². The van der Waals surface area contributed by atoms with E-state index >= 15 is 0 Å². The van der Waals surface area contributed by atoms with Gasteiger partial charge in [-0.25, -0.2) is 0 Å². The van der Waals surface area contributed by atoms with Gasteiger partial charge < -0.3 is 10.0 Å². The number of hydrogen-bond acceptors (Lipinski definition) is 3. The average molecular weight is 430 g/mol. The molecule has 0 saturated heterocycles. The molecule has 5 rings (SSSR count). The fraction of sp³-hybridized carbons (Fsp3) is 0.552. The van der Waals surface area contributed by atoms with E-state index in [1.165, 1.54) is 28.8 Å². The van der Waals surface area contributed by atoms with Crippen molar-refractivity contribution in [2.75, 3.05) is 19.0 Å². The highest BCUT2D eigenvalue weighted by atomic mass is 16.3. The summed E-state index contributed by atoms with van der Waals surface area (Å²) in [6.45, 7) is 4.49. The smallest absolute Gasteiger partial charge is 0.184 e. The molecule has 0 radical (unpaired) electrons. The van der Waals surface area contributed by atoms with Gasteiger partial charge in [-0.15, -0.1) is 5.92 Å². The van der Waals surface area contributed by atoms with Crippen molar-refractivity contribution in [1.82, 2.24) is 0 Å². The molecule has 0 aliphatic heterocycles. The zero-order valence-electron chi connectivity index (χ0n) is 19.9. The maximum absolute atomic E-state index is 12.1. The van der Waals surface area contributed by atoms with E-state index in [1.54, 1.807) is 11.6 Å². The van der Waals surface area contributed by atoms with Crippen molar-refractivity contribution in [2.24, 2.45) is 17.3 Å². The number of aliphatic hydroxyl groups is 1. The number of fused-ring (bicyclic) bond motifs is 4. The molecule has 0 heterocycles. The highest BCUT2D eigenvalue weighted by Crippen LogP contribution is 2.67. The van der Waals surface area contributed by atoms with E-state index < -0.39 is 6.10 Å². The van der Waals surface area contributed by atoms with Gasteiger partial charge in [-0.05, 0) is 97.6 Å². The van der Waals surface area contributed by atoms with E-state index in [2.05, 4.69) is 62.0 Å². The lowest BCUT2D eigenvalue weighted by molar-refractivity contribution is -0.122. The molecule has 3 heteroatoms. The van der Waals surface area contributed by atoms with Crippen molar-refractivity contribution < 1.29 is 9.90 Å². The monoisotopic (exact) mass is 429 g/mol. The molecule has 5 atom stereocenters. The molecule has 168 valence electrons. The molecule has 4 aliphatic carbocycles. The Hall–Kier alpha value is -2.31. The van der Waals surface area contributed by atoms with Crippen molar-refractivity contribution in [3.05, 3.63) is 52.6 Å². The summed E-state index contributed by atoms with van der Waals surface area (Å²) in [5, 5.41) is 10.3. The molecule has 2 saturated carbocycles. The molecule has 1 unspecified atom stereocenters. The van der Waals surface area contributed by atoms with Crippen molar-refractivity contribution in [2.45, 2.75) is 70.3 Å². The third-order valence-electron chi connectivity index (χ3n) is 9.23. The minimum atomic E-state index is -0.850. The predicted octanol–water partition coefficient (Wildman–Crippen LogP) is 5.19. The molecule has 0 aromatic heterocycles. The van der Waals surface area contributed by atoms with Gasteiger partial charge in [-0.1, -0.05) is 30.6 Å². The van der Waals surface area contributed by atoms with Crippen molar-refractivity contribution in [1.29, 1.82) is 0 Å². The molecular formula is C29H35NO2. The summed E-state index contributed by atoms with van der Waals surface area (Å²) in [6.07, 6.45) is 7.99. The van der Waals surface area contributed by atoms with Gasteiger partial charge in [0.15, 0.2) is 5.78 Å². The predicted molar refractivity (Wildman–Crippen MR) is 129 cm³/mol. The van der Waals surface area contributed by atoms with Crippen molar-refractivity contribution in [3.63, 3.8) is 0 Å². The van der Waals surface area contributed by atoms with Gasteiger partial charge in [0.25, 0.3) is 0 Å². The Kier molecular flexibility index (Phi) is 5.13. The van der Waals surface area contributed by atoms with Crippen molar-refractivity contribution in [3.8, 4) is 11.8 Å². The van der Waals surface area contributed by atoms with E-state index in [0.717, 1.165) is 32.1 Å². The fourth-order valence-electron chi connectivity index (χ4n) is 7.57. The number of aliphatic hydroxyl groups excluding tert-OH is 1. The number of nitrogens with zero attached hydrogens (tertiary/aromatic N) is 1. The van der Waals surface area contributed by atoms with Crippen LogP contribution < -0.4 is 4.90 Å². The number of rotatable bonds is 2. The molecule has 0 bridgehead atoms. The number of carbonyl (C=O) groups excluding carboxylic acids is 1. The van der Waals surface area contributed by atoms with Crippen LogP contribution in [0.5, 0.6) is 0 Å². The first-order chi connectivity index (χ1) is 15.3. The van der Waals surface area contributed by atoms with Gasteiger partial charge in [-0.3, -0.25) is 4.79 Å². The third-order valence-corrected chi connectivity index (χ3v) is 9.23. The molecular weight excluding hydrogens is 394 g/mol. The Morgan fingerprint density at radius 2 is 1.84 bits per heavy atom. The topological polar surface area (TPSA) is 40.5 Å². The Balaban J connectivity index is 1.56. The first-order valence-corrected chi connectivity index (χ1v) is 12.2. The highest BCUT2D eigenvalue weighted by Gasteiger charge is 2.61. The second kappa shape index (κ2) is 7.63. The molecule has 0 amide bonds. The van der Waals surface area contributed by atoms with Gasteiger partial charge in [0, 0.05) is 26.2 Å². The lowest BCUT2D eigenvalue weighted by Crippen LogP contribution is -2.47. The second-order valence-corrected chi connectivity index (χ2v) is 10.7. The molecule has 1 aromatic carbocycles. The number of allylic oxidation sites excluding steroid dienone is 2. The summed E-state index contributed by atoms with van der Waals surface area (Å²) in [7, 11) is 4.17. The van der Waals surface area contributed by atoms with E-state index in [9.17, 15) is 9.90 Å². The average Bonchev–Trinajstić information content (AvgIpc) is 3.08. The van der Waals surface area contributed by atoms with Crippen LogP contribution in [-0.2, 0) is 10.2 Å². The maximum Gasteiger partial charge on any atom is 0.184 e. The molecule has 1 N–H and O–H groups in total. The number of carbonyl (C=O) groups is 1. The van der Waals surface area contributed by atoms with Crippen LogP contribution in [0.4, 0.5) is 5.69 Å². The Bertz CT molecular complexity index is 1070. The van der Waals surface area contributed by atoms with Crippen LogP contribution in [0.1, 0.15) is 64.4 Å². The van der Waals surface area contributed by atoms with Crippen molar-refractivity contribution >= 4 is 11.5 Å². The molecule has 2 fully saturated rings. The largest absolute Gasteiger partial charge is 0.385 e. The number of hydrogen-bond donors (Lipinski definition) is 1. The first kappa shape index (κ1) is 21.5. The molecule has 4 aliphatic rings. The zero-order chi connectivity index (χ0) is 22.7. The van der Waals surface area contributed by atoms with Crippen LogP contribution in [0, 0.1) is 29.1 Å². The summed E-state index contributed by atoms with van der Waals surface area (Å²) in [5.74, 6) is 8.12. The standard InChI is InChI=1S/C29H35NO2/c1-5-14-29(20-7-9-21(10-8-20)30(3)4)16-13-25-23-11-6-19-17-26(31)27(32)18-24(19)22(23)12-15-28(25,29)2/h7-10,17,23,25,27,32H,6,11-13,15-16,18H2,1-4H3/t23-,25+,27?,28+,29+/m1/s1. The summed E-state index contributed by atoms with van der Waals surface area (Å²) in [4.78, 5) is 14.2. The molecule has 3 nitrogen and oxygen atoms in total. The molecule has 32 heavy (non-hydrogen) atoms. The number of benzene rings is 1. The van der Waals surface area contributed by atoms with E-state index in [0.29, 0.717) is 18.3 Å². The number of anilines is 1. The van der Waals surface area contributed by atoms with Gasteiger partial charge in [0.1, 0.15) is 6.10 Å². The lowest BCUT2D eigenvalue weighted by Gasteiger charge is -2.52. The first-order valence-electron chi connectivity index (χ1n) is 12.2. The lowest BCUT2D eigenvalue weighted by atomic mass is 9.51. The Morgan fingerprint density at radius 3 is 2.53 bits per heavy atom. The Labute approximate surface area is 192 Å². The zero-order valence-corrected chi connectivity index (χ0v) is 19.9. The van der Waals surface area contributed by atoms with Crippen LogP contribution >= 0.6 is 0 Å². The maximum atomic E-state index is 12.1.